The molecule has 0 saturated heterocycles. The van der Waals surface area contributed by atoms with Crippen molar-refractivity contribution in [3.05, 3.63) is 51.9 Å². The summed E-state index contributed by atoms with van der Waals surface area (Å²) in [6.07, 6.45) is 0. The lowest BCUT2D eigenvalue weighted by atomic mass is 10.2. The van der Waals surface area contributed by atoms with E-state index in [2.05, 4.69) is 5.32 Å². The Hall–Kier alpha value is -2.96. The predicted octanol–water partition coefficient (Wildman–Crippen LogP) is 0.907. The van der Waals surface area contributed by atoms with Crippen molar-refractivity contribution in [1.29, 1.82) is 0 Å². The molecule has 2 heterocycles. The van der Waals surface area contributed by atoms with Crippen LogP contribution in [0.5, 0.6) is 17.2 Å². The molecule has 2 N–H and O–H groups in total. The van der Waals surface area contributed by atoms with E-state index < -0.39 is 5.56 Å². The number of ether oxygens (including phenoxy) is 2. The largest absolute Gasteiger partial charge is 0.508 e. The van der Waals surface area contributed by atoms with Gasteiger partial charge in [0.1, 0.15) is 12.3 Å². The van der Waals surface area contributed by atoms with Crippen LogP contribution >= 0.6 is 0 Å². The van der Waals surface area contributed by atoms with Crippen LogP contribution < -0.4 is 20.3 Å². The molecule has 120 valence electrons. The molecule has 0 bridgehead atoms. The number of aromatic hydroxyl groups is 1. The van der Waals surface area contributed by atoms with Gasteiger partial charge in [0.15, 0.2) is 11.5 Å². The van der Waals surface area contributed by atoms with E-state index in [4.69, 9.17) is 9.47 Å². The van der Waals surface area contributed by atoms with Crippen molar-refractivity contribution in [2.24, 2.45) is 0 Å². The number of carbonyl (C=O) groups excluding carboxylic acids is 1. The first-order chi connectivity index (χ1) is 11.0. The molecular weight excluding hydrogens is 300 g/mol. The fraction of sp³-hybridized carbons (Fsp3) is 0.250. The second-order valence-corrected chi connectivity index (χ2v) is 5.24. The molecule has 0 spiro atoms. The molecule has 1 amide bonds. The van der Waals surface area contributed by atoms with Gasteiger partial charge in [-0.25, -0.2) is 0 Å². The predicted molar refractivity (Wildman–Crippen MR) is 81.5 cm³/mol. The van der Waals surface area contributed by atoms with Gasteiger partial charge in [-0.2, -0.15) is 0 Å². The number of hydrogen-bond acceptors (Lipinski definition) is 5. The Bertz CT molecular complexity index is 813. The van der Waals surface area contributed by atoms with Gasteiger partial charge in [-0.1, -0.05) is 6.07 Å². The molecule has 0 saturated carbocycles. The van der Waals surface area contributed by atoms with E-state index in [1.165, 1.54) is 10.6 Å². The van der Waals surface area contributed by atoms with E-state index in [1.807, 2.05) is 6.07 Å². The van der Waals surface area contributed by atoms with Gasteiger partial charge in [-0.15, -0.1) is 0 Å². The van der Waals surface area contributed by atoms with E-state index >= 15 is 0 Å². The number of carbonyl (C=O) groups is 1. The lowest BCUT2D eigenvalue weighted by Gasteiger charge is -2.11. The highest BCUT2D eigenvalue weighted by Gasteiger charge is 2.14. The van der Waals surface area contributed by atoms with Crippen LogP contribution in [-0.4, -0.2) is 22.4 Å². The summed E-state index contributed by atoms with van der Waals surface area (Å²) in [5, 5.41) is 12.1. The maximum Gasteiger partial charge on any atom is 0.254 e. The van der Waals surface area contributed by atoms with Gasteiger partial charge in [-0.3, -0.25) is 9.59 Å². The highest BCUT2D eigenvalue weighted by Crippen LogP contribution is 2.32. The lowest BCUT2D eigenvalue weighted by molar-refractivity contribution is -0.121. The number of hydrogen-bond donors (Lipinski definition) is 2. The van der Waals surface area contributed by atoms with Gasteiger partial charge >= 0.3 is 0 Å². The zero-order chi connectivity index (χ0) is 16.4. The fourth-order valence-corrected chi connectivity index (χ4v) is 2.37. The Kier molecular flexibility index (Phi) is 3.92. The summed E-state index contributed by atoms with van der Waals surface area (Å²) in [6.45, 7) is 2.08. The average molecular weight is 316 g/mol. The van der Waals surface area contributed by atoms with Crippen molar-refractivity contribution in [3.8, 4) is 17.2 Å². The van der Waals surface area contributed by atoms with Crippen molar-refractivity contribution < 1.29 is 19.4 Å². The zero-order valence-corrected chi connectivity index (χ0v) is 12.5. The Labute approximate surface area is 132 Å². The second-order valence-electron chi connectivity index (χ2n) is 5.24. The molecule has 7 nitrogen and oxygen atoms in total. The van der Waals surface area contributed by atoms with Gasteiger partial charge in [-0.05, 0) is 30.7 Å². The number of nitrogens with zero attached hydrogens (tertiary/aromatic N) is 1. The van der Waals surface area contributed by atoms with Gasteiger partial charge in [0.25, 0.3) is 5.56 Å². The summed E-state index contributed by atoms with van der Waals surface area (Å²) in [7, 11) is 0. The minimum Gasteiger partial charge on any atom is -0.508 e. The molecule has 7 heteroatoms. The van der Waals surface area contributed by atoms with Crippen LogP contribution in [0.15, 0.2) is 35.1 Å². The molecule has 1 aromatic heterocycles. The first kappa shape index (κ1) is 15.0. The van der Waals surface area contributed by atoms with Crippen molar-refractivity contribution in [2.45, 2.75) is 20.0 Å². The molecule has 1 aliphatic heterocycles. The van der Waals surface area contributed by atoms with E-state index in [0.29, 0.717) is 23.7 Å². The number of amides is 1. The van der Waals surface area contributed by atoms with Crippen molar-refractivity contribution in [2.75, 3.05) is 6.79 Å². The first-order valence-corrected chi connectivity index (χ1v) is 7.08. The van der Waals surface area contributed by atoms with Gasteiger partial charge < -0.3 is 24.5 Å². The highest BCUT2D eigenvalue weighted by atomic mass is 16.7. The summed E-state index contributed by atoms with van der Waals surface area (Å²) < 4.78 is 11.8. The van der Waals surface area contributed by atoms with Crippen LogP contribution in [0.25, 0.3) is 0 Å². The fourth-order valence-electron chi connectivity index (χ4n) is 2.37. The third kappa shape index (κ3) is 3.28. The van der Waals surface area contributed by atoms with E-state index in [-0.39, 0.29) is 25.0 Å². The van der Waals surface area contributed by atoms with Crippen molar-refractivity contribution in [3.63, 3.8) is 0 Å². The number of benzene rings is 1. The zero-order valence-electron chi connectivity index (χ0n) is 12.5. The van der Waals surface area contributed by atoms with Gasteiger partial charge in [0.2, 0.25) is 12.7 Å². The number of pyridine rings is 1. The maximum atomic E-state index is 12.0. The molecule has 0 unspecified atom stereocenters. The molecule has 1 aromatic carbocycles. The van der Waals surface area contributed by atoms with Crippen LogP contribution in [0.4, 0.5) is 0 Å². The summed E-state index contributed by atoms with van der Waals surface area (Å²) in [4.78, 5) is 23.8. The summed E-state index contributed by atoms with van der Waals surface area (Å²) >= 11 is 0. The minimum atomic E-state index is -0.416. The summed E-state index contributed by atoms with van der Waals surface area (Å²) in [6, 6.07) is 7.95. The number of aromatic nitrogens is 1. The van der Waals surface area contributed by atoms with E-state index in [9.17, 15) is 14.7 Å². The number of rotatable bonds is 4. The number of aryl methyl sites for hydroxylation is 1. The molecule has 2 aromatic rings. The molecule has 0 fully saturated rings. The van der Waals surface area contributed by atoms with Gasteiger partial charge in [0.05, 0.1) is 0 Å². The lowest BCUT2D eigenvalue weighted by Crippen LogP contribution is -2.32. The van der Waals surface area contributed by atoms with Crippen molar-refractivity contribution >= 4 is 5.91 Å². The van der Waals surface area contributed by atoms with Crippen molar-refractivity contribution in [1.82, 2.24) is 9.88 Å². The van der Waals surface area contributed by atoms with Crippen LogP contribution in [0.3, 0.4) is 0 Å². The van der Waals surface area contributed by atoms with E-state index in [0.717, 1.165) is 11.6 Å². The third-order valence-electron chi connectivity index (χ3n) is 3.55. The first-order valence-electron chi connectivity index (χ1n) is 7.08. The molecule has 3 rings (SSSR count). The summed E-state index contributed by atoms with van der Waals surface area (Å²) in [5.74, 6) is 0.941. The highest BCUT2D eigenvalue weighted by molar-refractivity contribution is 5.75. The monoisotopic (exact) mass is 316 g/mol. The molecule has 1 aliphatic rings. The molecule has 23 heavy (non-hydrogen) atoms. The Morgan fingerprint density at radius 2 is 2.04 bits per heavy atom. The van der Waals surface area contributed by atoms with Crippen LogP contribution in [-0.2, 0) is 17.9 Å². The number of nitrogens with one attached hydrogen (secondary N) is 1. The summed E-state index contributed by atoms with van der Waals surface area (Å²) in [5.41, 5.74) is 0.978. The average Bonchev–Trinajstić information content (AvgIpc) is 2.96. The van der Waals surface area contributed by atoms with E-state index in [1.54, 1.807) is 19.1 Å². The molecular formula is C16H16N2O5. The normalized spacial score (nSPS) is 12.2. The topological polar surface area (TPSA) is 89.8 Å². The van der Waals surface area contributed by atoms with Gasteiger partial charge in [0, 0.05) is 18.3 Å². The molecule has 0 atom stereocenters. The standard InChI is InChI=1S/C16H16N2O5/c1-10-4-12(19)6-16(21)18(10)8-15(20)17-7-11-2-3-13-14(5-11)23-9-22-13/h2-6,19H,7-9H2,1H3,(H,17,20). The van der Waals surface area contributed by atoms with Crippen LogP contribution in [0.2, 0.25) is 0 Å². The van der Waals surface area contributed by atoms with Crippen LogP contribution in [0.1, 0.15) is 11.3 Å². The Morgan fingerprint density at radius 1 is 1.26 bits per heavy atom. The smallest absolute Gasteiger partial charge is 0.254 e. The third-order valence-corrected chi connectivity index (χ3v) is 3.55. The quantitative estimate of drug-likeness (QED) is 0.875. The number of fused-ring (bicyclic) bond motifs is 1. The SMILES string of the molecule is Cc1cc(O)cc(=O)n1CC(=O)NCc1ccc2c(c1)OCO2. The minimum absolute atomic E-state index is 0.102. The molecule has 0 radical (unpaired) electrons. The molecule has 0 aliphatic carbocycles. The Balaban J connectivity index is 1.63. The maximum absolute atomic E-state index is 12.0. The second kappa shape index (κ2) is 6.04. The van der Waals surface area contributed by atoms with Crippen LogP contribution in [0, 0.1) is 6.92 Å². The Morgan fingerprint density at radius 3 is 2.83 bits per heavy atom.